The molecule has 2 unspecified atom stereocenters. The SMILES string of the molecule is COc1cc(/C=C/C(O)=C/C(=O)/C=C/c2ccc(OC(=O)C(N)CCCCN)c(CO)c2)ccc1OC(=O)C(N)CCCCN. The normalized spacial score (nSPS) is 13.2. The molecule has 2 aromatic carbocycles. The molecule has 0 spiro atoms. The van der Waals surface area contributed by atoms with Crippen LogP contribution in [0.4, 0.5) is 0 Å². The van der Waals surface area contributed by atoms with E-state index in [-0.39, 0.29) is 23.0 Å². The number of nitrogens with two attached hydrogens (primary N) is 4. The Balaban J connectivity index is 2.01. The topological polar surface area (TPSA) is 223 Å². The second-order valence-electron chi connectivity index (χ2n) is 10.2. The van der Waals surface area contributed by atoms with E-state index in [0.717, 1.165) is 18.9 Å². The number of aliphatic hydroxyl groups excluding tert-OH is 2. The summed E-state index contributed by atoms with van der Waals surface area (Å²) in [7, 11) is 1.43. The van der Waals surface area contributed by atoms with Gasteiger partial charge in [-0.05, 0) is 86.3 Å². The molecule has 12 nitrogen and oxygen atoms in total. The molecule has 244 valence electrons. The van der Waals surface area contributed by atoms with E-state index in [2.05, 4.69) is 0 Å². The molecule has 2 atom stereocenters. The molecule has 45 heavy (non-hydrogen) atoms. The van der Waals surface area contributed by atoms with Gasteiger partial charge in [0.15, 0.2) is 17.3 Å². The van der Waals surface area contributed by atoms with E-state index in [4.69, 9.17) is 37.1 Å². The average molecular weight is 625 g/mol. The van der Waals surface area contributed by atoms with Crippen molar-refractivity contribution >= 4 is 29.9 Å². The lowest BCUT2D eigenvalue weighted by Crippen LogP contribution is -2.34. The number of aliphatic hydroxyl groups is 2. The smallest absolute Gasteiger partial charge is 0.328 e. The number of unbranched alkanes of at least 4 members (excludes halogenated alkanes) is 2. The van der Waals surface area contributed by atoms with E-state index in [1.165, 1.54) is 31.4 Å². The number of hydrogen-bond acceptors (Lipinski definition) is 12. The van der Waals surface area contributed by atoms with Crippen LogP contribution in [0.15, 0.2) is 60.4 Å². The quantitative estimate of drug-likeness (QED) is 0.0331. The van der Waals surface area contributed by atoms with Crippen molar-refractivity contribution in [2.24, 2.45) is 22.9 Å². The third-order valence-corrected chi connectivity index (χ3v) is 6.58. The summed E-state index contributed by atoms with van der Waals surface area (Å²) in [6.07, 6.45) is 10.5. The van der Waals surface area contributed by atoms with Gasteiger partial charge in [0.2, 0.25) is 0 Å². The molecule has 2 aromatic rings. The molecule has 0 aromatic heterocycles. The maximum absolute atomic E-state index is 12.4. The lowest BCUT2D eigenvalue weighted by atomic mass is 10.1. The summed E-state index contributed by atoms with van der Waals surface area (Å²) in [6, 6.07) is 7.89. The van der Waals surface area contributed by atoms with Gasteiger partial charge in [-0.15, -0.1) is 0 Å². The standard InChI is InChI=1S/C33H44N4O8/c1-43-31-19-23(11-15-30(31)45-33(42)28(37)7-3-5-17-35)9-13-26(40)20-25(39)12-8-22-10-14-29(24(18-22)21-38)44-32(41)27(36)6-2-4-16-34/h8-15,18-20,27-28,38,40H,2-7,16-17,21,34-37H2,1H3/b12-8+,13-9+,26-20-. The van der Waals surface area contributed by atoms with E-state index in [0.29, 0.717) is 55.5 Å². The van der Waals surface area contributed by atoms with Crippen molar-refractivity contribution < 1.29 is 38.8 Å². The highest BCUT2D eigenvalue weighted by Crippen LogP contribution is 2.29. The molecular formula is C33H44N4O8. The Kier molecular flexibility index (Phi) is 16.3. The first-order valence-electron chi connectivity index (χ1n) is 14.7. The van der Waals surface area contributed by atoms with Gasteiger partial charge < -0.3 is 47.4 Å². The largest absolute Gasteiger partial charge is 0.508 e. The van der Waals surface area contributed by atoms with E-state index in [1.807, 2.05) is 0 Å². The van der Waals surface area contributed by atoms with Crippen LogP contribution in [0.5, 0.6) is 17.2 Å². The number of carbonyl (C=O) groups excluding carboxylic acids is 3. The monoisotopic (exact) mass is 624 g/mol. The number of benzene rings is 2. The molecule has 0 heterocycles. The molecule has 0 radical (unpaired) electrons. The number of esters is 2. The van der Waals surface area contributed by atoms with E-state index in [1.54, 1.807) is 36.4 Å². The van der Waals surface area contributed by atoms with E-state index < -0.39 is 36.4 Å². The summed E-state index contributed by atoms with van der Waals surface area (Å²) in [5.41, 5.74) is 24.2. The van der Waals surface area contributed by atoms with Crippen LogP contribution >= 0.6 is 0 Å². The highest BCUT2D eigenvalue weighted by atomic mass is 16.6. The maximum atomic E-state index is 12.4. The Morgan fingerprint density at radius 1 is 0.778 bits per heavy atom. The molecule has 10 N–H and O–H groups in total. The van der Waals surface area contributed by atoms with Gasteiger partial charge in [0.05, 0.1) is 13.7 Å². The molecule has 0 aliphatic rings. The van der Waals surface area contributed by atoms with Gasteiger partial charge in [-0.25, -0.2) is 9.59 Å². The summed E-state index contributed by atoms with van der Waals surface area (Å²) < 4.78 is 16.1. The van der Waals surface area contributed by atoms with E-state index >= 15 is 0 Å². The van der Waals surface area contributed by atoms with Gasteiger partial charge in [0.25, 0.3) is 0 Å². The minimum Gasteiger partial charge on any atom is -0.508 e. The van der Waals surface area contributed by atoms with Crippen molar-refractivity contribution in [1.29, 1.82) is 0 Å². The zero-order valence-corrected chi connectivity index (χ0v) is 25.5. The molecule has 0 bridgehead atoms. The first-order valence-corrected chi connectivity index (χ1v) is 14.7. The second-order valence-corrected chi connectivity index (χ2v) is 10.2. The van der Waals surface area contributed by atoms with Crippen LogP contribution in [0.1, 0.15) is 55.2 Å². The summed E-state index contributed by atoms with van der Waals surface area (Å²) in [5, 5.41) is 20.0. The second kappa shape index (κ2) is 19.8. The van der Waals surface area contributed by atoms with Crippen LogP contribution in [0.2, 0.25) is 0 Å². The van der Waals surface area contributed by atoms with Crippen LogP contribution in [0.25, 0.3) is 12.2 Å². The Bertz CT molecular complexity index is 1370. The van der Waals surface area contributed by atoms with Gasteiger partial charge in [-0.1, -0.05) is 37.1 Å². The number of ketones is 1. The lowest BCUT2D eigenvalue weighted by Gasteiger charge is -2.13. The zero-order chi connectivity index (χ0) is 33.2. The van der Waals surface area contributed by atoms with Crippen LogP contribution in [0, 0.1) is 0 Å². The molecule has 0 saturated heterocycles. The van der Waals surface area contributed by atoms with Gasteiger partial charge in [0, 0.05) is 11.6 Å². The van der Waals surface area contributed by atoms with Crippen LogP contribution in [-0.4, -0.2) is 60.2 Å². The fraction of sp³-hybridized carbons (Fsp3) is 0.364. The molecule has 0 aliphatic heterocycles. The Labute approximate surface area is 263 Å². The van der Waals surface area contributed by atoms with E-state index in [9.17, 15) is 24.6 Å². The molecule has 12 heteroatoms. The van der Waals surface area contributed by atoms with Crippen molar-refractivity contribution in [2.75, 3.05) is 20.2 Å². The van der Waals surface area contributed by atoms with Gasteiger partial charge in [-0.2, -0.15) is 0 Å². The van der Waals surface area contributed by atoms with Crippen LogP contribution in [-0.2, 0) is 21.0 Å². The first-order chi connectivity index (χ1) is 21.6. The number of hydrogen-bond donors (Lipinski definition) is 6. The Morgan fingerprint density at radius 2 is 1.31 bits per heavy atom. The number of carbonyl (C=O) groups is 3. The Morgan fingerprint density at radius 3 is 1.87 bits per heavy atom. The molecule has 0 saturated carbocycles. The molecular weight excluding hydrogens is 580 g/mol. The summed E-state index contributed by atoms with van der Waals surface area (Å²) in [5.74, 6) is -1.33. The number of rotatable bonds is 19. The van der Waals surface area contributed by atoms with Crippen LogP contribution in [0.3, 0.4) is 0 Å². The van der Waals surface area contributed by atoms with Crippen molar-refractivity contribution in [2.45, 2.75) is 57.2 Å². The molecule has 0 fully saturated rings. The Hall–Kier alpha value is -4.33. The zero-order valence-electron chi connectivity index (χ0n) is 25.5. The highest BCUT2D eigenvalue weighted by Gasteiger charge is 2.19. The highest BCUT2D eigenvalue weighted by molar-refractivity contribution is 6.02. The summed E-state index contributed by atoms with van der Waals surface area (Å²) >= 11 is 0. The summed E-state index contributed by atoms with van der Waals surface area (Å²) in [4.78, 5) is 37.0. The lowest BCUT2D eigenvalue weighted by molar-refractivity contribution is -0.137. The van der Waals surface area contributed by atoms with Gasteiger partial charge in [-0.3, -0.25) is 4.79 Å². The minimum atomic E-state index is -0.805. The van der Waals surface area contributed by atoms with Gasteiger partial charge in [0.1, 0.15) is 23.6 Å². The molecule has 0 aliphatic carbocycles. The van der Waals surface area contributed by atoms with Crippen LogP contribution < -0.4 is 37.1 Å². The fourth-order valence-corrected chi connectivity index (χ4v) is 4.02. The predicted molar refractivity (Wildman–Crippen MR) is 172 cm³/mol. The average Bonchev–Trinajstić information content (AvgIpc) is 3.03. The van der Waals surface area contributed by atoms with Crippen molar-refractivity contribution in [1.82, 2.24) is 0 Å². The fourth-order valence-electron chi connectivity index (χ4n) is 4.02. The van der Waals surface area contributed by atoms with Crippen molar-refractivity contribution in [3.63, 3.8) is 0 Å². The summed E-state index contributed by atoms with van der Waals surface area (Å²) in [6.45, 7) is 0.636. The van der Waals surface area contributed by atoms with Crippen molar-refractivity contribution in [3.05, 3.63) is 77.1 Å². The van der Waals surface area contributed by atoms with Gasteiger partial charge >= 0.3 is 11.9 Å². The third kappa shape index (κ3) is 13.1. The number of ether oxygens (including phenoxy) is 3. The number of allylic oxidation sites excluding steroid dienone is 3. The first kappa shape index (κ1) is 36.9. The van der Waals surface area contributed by atoms with Crippen molar-refractivity contribution in [3.8, 4) is 17.2 Å². The molecule has 2 rings (SSSR count). The molecule has 0 amide bonds. The maximum Gasteiger partial charge on any atom is 0.328 e. The predicted octanol–water partition coefficient (Wildman–Crippen LogP) is 2.65. The minimum absolute atomic E-state index is 0.174. The third-order valence-electron chi connectivity index (χ3n) is 6.58. The number of methoxy groups -OCH3 is 1.